The maximum absolute atomic E-state index is 13.5. The van der Waals surface area contributed by atoms with Crippen LogP contribution in [0.1, 0.15) is 34.5 Å². The van der Waals surface area contributed by atoms with Crippen LogP contribution in [0.2, 0.25) is 0 Å². The van der Waals surface area contributed by atoms with Crippen molar-refractivity contribution in [3.63, 3.8) is 0 Å². The maximum atomic E-state index is 13.5. The molecule has 2 fully saturated rings. The van der Waals surface area contributed by atoms with Gasteiger partial charge in [-0.2, -0.15) is 13.2 Å². The van der Waals surface area contributed by atoms with Crippen LogP contribution in [0.4, 0.5) is 17.6 Å². The van der Waals surface area contributed by atoms with Gasteiger partial charge in [0.2, 0.25) is 5.88 Å². The van der Waals surface area contributed by atoms with Crippen molar-refractivity contribution in [2.75, 3.05) is 6.54 Å². The highest BCUT2D eigenvalue weighted by molar-refractivity contribution is 5.99. The number of aromatic nitrogens is 4. The second-order valence-electron chi connectivity index (χ2n) is 8.48. The van der Waals surface area contributed by atoms with Gasteiger partial charge in [0.25, 0.3) is 5.91 Å². The van der Waals surface area contributed by atoms with Gasteiger partial charge in [-0.15, -0.1) is 0 Å². The summed E-state index contributed by atoms with van der Waals surface area (Å²) in [6, 6.07) is 5.20. The Kier molecular flexibility index (Phi) is 5.41. The lowest BCUT2D eigenvalue weighted by molar-refractivity contribution is -0.137. The van der Waals surface area contributed by atoms with E-state index in [1.807, 2.05) is 0 Å². The summed E-state index contributed by atoms with van der Waals surface area (Å²) < 4.78 is 57.6. The molecule has 4 heterocycles. The predicted molar refractivity (Wildman–Crippen MR) is 111 cm³/mol. The Hall–Kier alpha value is -3.63. The van der Waals surface area contributed by atoms with Gasteiger partial charge in [-0.3, -0.25) is 4.79 Å². The van der Waals surface area contributed by atoms with Crippen molar-refractivity contribution in [1.82, 2.24) is 24.8 Å². The van der Waals surface area contributed by atoms with Crippen LogP contribution in [0.5, 0.6) is 5.88 Å². The average Bonchev–Trinajstić information content (AvgIpc) is 3.39. The number of pyridine rings is 2. The third-order valence-corrected chi connectivity index (χ3v) is 6.12. The van der Waals surface area contributed by atoms with Gasteiger partial charge in [0.05, 0.1) is 29.6 Å². The molecular weight excluding hydrogens is 454 g/mol. The van der Waals surface area contributed by atoms with Gasteiger partial charge in [-0.1, -0.05) is 0 Å². The number of carbonyl (C=O) groups is 1. The summed E-state index contributed by atoms with van der Waals surface area (Å²) in [5.74, 6) is -0.457. The van der Waals surface area contributed by atoms with Gasteiger partial charge in [0.1, 0.15) is 11.8 Å². The molecule has 0 spiro atoms. The van der Waals surface area contributed by atoms with E-state index in [-0.39, 0.29) is 40.8 Å². The fourth-order valence-corrected chi connectivity index (χ4v) is 4.59. The number of hydrogen-bond acceptors (Lipinski definition) is 6. The summed E-state index contributed by atoms with van der Waals surface area (Å²) in [7, 11) is 0. The summed E-state index contributed by atoms with van der Waals surface area (Å²) in [6.07, 6.45) is -0.710. The molecule has 0 N–H and O–H groups in total. The highest BCUT2D eigenvalue weighted by Crippen LogP contribution is 2.41. The summed E-state index contributed by atoms with van der Waals surface area (Å²) in [4.78, 5) is 31.4. The lowest BCUT2D eigenvalue weighted by Crippen LogP contribution is -2.47. The Morgan fingerprint density at radius 1 is 1.06 bits per heavy atom. The molecule has 1 saturated heterocycles. The molecule has 2 bridgehead atoms. The number of rotatable bonds is 4. The Morgan fingerprint density at radius 3 is 2.47 bits per heavy atom. The molecule has 7 nitrogen and oxygen atoms in total. The standard InChI is InChI=1S/C23H19F4N5O2/c1-12-2-4-16(20(31-12)21-29-9-15(24)10-30-21)22(33)32-11-13-6-17(32)18(7-13)34-19-5-3-14(8-28-19)23(25,26)27/h2-5,8-10,13,17-18H,6-7,11H2,1H3. The van der Waals surface area contributed by atoms with Crippen LogP contribution in [-0.2, 0) is 6.18 Å². The molecule has 3 unspecified atom stereocenters. The lowest BCUT2D eigenvalue weighted by atomic mass is 10.0. The highest BCUT2D eigenvalue weighted by Gasteiger charge is 2.49. The number of ether oxygens (including phenoxy) is 1. The van der Waals surface area contributed by atoms with Gasteiger partial charge in [-0.05, 0) is 43.9 Å². The molecule has 1 aliphatic heterocycles. The van der Waals surface area contributed by atoms with Gasteiger partial charge < -0.3 is 9.64 Å². The van der Waals surface area contributed by atoms with E-state index in [0.717, 1.165) is 31.1 Å². The number of piperidine rings is 1. The third-order valence-electron chi connectivity index (χ3n) is 6.12. The van der Waals surface area contributed by atoms with Crippen LogP contribution in [-0.4, -0.2) is 49.4 Å². The first-order chi connectivity index (χ1) is 16.2. The SMILES string of the molecule is Cc1ccc(C(=O)N2CC3CC(Oc4ccc(C(F)(F)F)cn4)C2C3)c(-c2ncc(F)cn2)n1. The third kappa shape index (κ3) is 4.17. The normalized spacial score (nSPS) is 21.7. The van der Waals surface area contributed by atoms with E-state index in [2.05, 4.69) is 19.9 Å². The Bertz CT molecular complexity index is 1220. The largest absolute Gasteiger partial charge is 0.472 e. The maximum Gasteiger partial charge on any atom is 0.417 e. The minimum atomic E-state index is -4.48. The van der Waals surface area contributed by atoms with E-state index in [0.29, 0.717) is 18.7 Å². The van der Waals surface area contributed by atoms with Crippen molar-refractivity contribution >= 4 is 5.91 Å². The van der Waals surface area contributed by atoms with E-state index < -0.39 is 23.7 Å². The van der Waals surface area contributed by atoms with Gasteiger partial charge in [0.15, 0.2) is 11.6 Å². The molecule has 3 atom stereocenters. The molecular formula is C23H19F4N5O2. The number of fused-ring (bicyclic) bond motifs is 2. The van der Waals surface area contributed by atoms with Gasteiger partial charge in [-0.25, -0.2) is 24.3 Å². The number of alkyl halides is 3. The number of aryl methyl sites for hydroxylation is 1. The molecule has 3 aromatic rings. The molecule has 1 saturated carbocycles. The van der Waals surface area contributed by atoms with Crippen LogP contribution in [0.25, 0.3) is 11.5 Å². The van der Waals surface area contributed by atoms with Crippen molar-refractivity contribution in [2.45, 2.75) is 38.1 Å². The number of likely N-dealkylation sites (tertiary alicyclic amines) is 1. The molecule has 176 valence electrons. The van der Waals surface area contributed by atoms with Crippen molar-refractivity contribution in [3.8, 4) is 17.4 Å². The second kappa shape index (κ2) is 8.30. The lowest BCUT2D eigenvalue weighted by Gasteiger charge is -2.33. The number of amides is 1. The number of carbonyl (C=O) groups excluding carboxylic acids is 1. The van der Waals surface area contributed by atoms with Crippen LogP contribution in [0.3, 0.4) is 0 Å². The molecule has 0 aromatic carbocycles. The second-order valence-corrected chi connectivity index (χ2v) is 8.48. The topological polar surface area (TPSA) is 81.1 Å². The van der Waals surface area contributed by atoms with E-state index in [9.17, 15) is 22.4 Å². The van der Waals surface area contributed by atoms with E-state index in [1.165, 1.54) is 6.07 Å². The summed E-state index contributed by atoms with van der Waals surface area (Å²) >= 11 is 0. The van der Waals surface area contributed by atoms with Crippen LogP contribution >= 0.6 is 0 Å². The summed E-state index contributed by atoms with van der Waals surface area (Å²) in [5.41, 5.74) is 0.342. The zero-order valence-electron chi connectivity index (χ0n) is 18.0. The fourth-order valence-electron chi connectivity index (χ4n) is 4.59. The first kappa shape index (κ1) is 22.2. The fraction of sp³-hybridized carbons (Fsp3) is 0.348. The zero-order chi connectivity index (χ0) is 24.0. The average molecular weight is 473 g/mol. The molecule has 0 radical (unpaired) electrons. The Balaban J connectivity index is 1.37. The minimum Gasteiger partial charge on any atom is -0.472 e. The molecule has 34 heavy (non-hydrogen) atoms. The van der Waals surface area contributed by atoms with Crippen molar-refractivity contribution < 1.29 is 27.1 Å². The first-order valence-corrected chi connectivity index (χ1v) is 10.7. The molecule has 1 aliphatic carbocycles. The highest BCUT2D eigenvalue weighted by atomic mass is 19.4. The molecule has 2 aliphatic rings. The van der Waals surface area contributed by atoms with Crippen molar-refractivity contribution in [1.29, 1.82) is 0 Å². The van der Waals surface area contributed by atoms with Crippen LogP contribution < -0.4 is 4.74 Å². The quantitative estimate of drug-likeness (QED) is 0.532. The molecule has 1 amide bonds. The summed E-state index contributed by atoms with van der Waals surface area (Å²) in [6.45, 7) is 2.29. The van der Waals surface area contributed by atoms with E-state index in [4.69, 9.17) is 4.74 Å². The monoisotopic (exact) mass is 473 g/mol. The van der Waals surface area contributed by atoms with E-state index in [1.54, 1.807) is 24.0 Å². The first-order valence-electron chi connectivity index (χ1n) is 10.7. The van der Waals surface area contributed by atoms with Crippen LogP contribution in [0, 0.1) is 18.7 Å². The van der Waals surface area contributed by atoms with E-state index >= 15 is 0 Å². The van der Waals surface area contributed by atoms with Crippen molar-refractivity contribution in [3.05, 3.63) is 65.5 Å². The predicted octanol–water partition coefficient (Wildman–Crippen LogP) is 4.08. The van der Waals surface area contributed by atoms with Gasteiger partial charge >= 0.3 is 6.18 Å². The van der Waals surface area contributed by atoms with Gasteiger partial charge in [0, 0.05) is 24.5 Å². The van der Waals surface area contributed by atoms with Crippen LogP contribution in [0.15, 0.2) is 42.9 Å². The molecule has 11 heteroatoms. The Labute approximate surface area is 191 Å². The Morgan fingerprint density at radius 2 is 1.82 bits per heavy atom. The molecule has 5 rings (SSSR count). The molecule has 3 aromatic heterocycles. The van der Waals surface area contributed by atoms with Crippen molar-refractivity contribution in [2.24, 2.45) is 5.92 Å². The number of nitrogens with zero attached hydrogens (tertiary/aromatic N) is 5. The number of hydrogen-bond donors (Lipinski definition) is 0. The number of halogens is 4. The minimum absolute atomic E-state index is 0.0790. The smallest absolute Gasteiger partial charge is 0.417 e. The zero-order valence-corrected chi connectivity index (χ0v) is 18.0. The summed E-state index contributed by atoms with van der Waals surface area (Å²) in [5, 5.41) is 0.